The van der Waals surface area contributed by atoms with Gasteiger partial charge in [-0.2, -0.15) is 0 Å². The molecule has 0 atom stereocenters. The van der Waals surface area contributed by atoms with Gasteiger partial charge in [-0.1, -0.05) is 81.6 Å². The second-order valence-electron chi connectivity index (χ2n) is 10.8. The van der Waals surface area contributed by atoms with E-state index in [9.17, 15) is 0 Å². The molecule has 0 N–H and O–H groups in total. The molecule has 0 aromatic heterocycles. The zero-order valence-electron chi connectivity index (χ0n) is 18.9. The van der Waals surface area contributed by atoms with E-state index in [1.54, 1.807) is 0 Å². The first-order chi connectivity index (χ1) is 10.6. The van der Waals surface area contributed by atoms with E-state index in [4.69, 9.17) is 0 Å². The lowest BCUT2D eigenvalue weighted by Crippen LogP contribution is -2.67. The third-order valence-corrected chi connectivity index (χ3v) is 20.4. The smallest absolute Gasteiger partial charge is 0.128 e. The fraction of sp³-hybridized carbons (Fsp3) is 1.00. The van der Waals surface area contributed by atoms with E-state index in [0.717, 1.165) is 11.8 Å². The number of piperazine rings is 1. The Hall–Kier alpha value is 0.354. The maximum Gasteiger partial charge on any atom is 0.128 e. The molecule has 144 valence electrons. The molecule has 0 radical (unpaired) electrons. The van der Waals surface area contributed by atoms with Crippen LogP contribution in [0.1, 0.15) is 55.4 Å². The molecule has 0 unspecified atom stereocenters. The lowest BCUT2D eigenvalue weighted by atomic mass is 9.99. The molecule has 0 spiro atoms. The Morgan fingerprint density at radius 2 is 0.792 bits per heavy atom. The van der Waals surface area contributed by atoms with E-state index < -0.39 is 16.5 Å². The van der Waals surface area contributed by atoms with Gasteiger partial charge < -0.3 is 9.13 Å². The Bertz CT molecular complexity index is 377. The van der Waals surface area contributed by atoms with Crippen molar-refractivity contribution < 1.29 is 0 Å². The fourth-order valence-corrected chi connectivity index (χ4v) is 11.1. The van der Waals surface area contributed by atoms with Crippen molar-refractivity contribution in [3.63, 3.8) is 0 Å². The Labute approximate surface area is 155 Å². The molecule has 1 aliphatic rings. The molecule has 0 saturated carbocycles. The number of hydrogen-bond donors (Lipinski definition) is 0. The van der Waals surface area contributed by atoms with E-state index in [0.29, 0.717) is 10.1 Å². The van der Waals surface area contributed by atoms with Crippen LogP contribution in [0.4, 0.5) is 0 Å². The molecule has 1 aliphatic heterocycles. The number of rotatable bonds is 6. The minimum absolute atomic E-state index is 0.458. The third kappa shape index (κ3) is 3.72. The van der Waals surface area contributed by atoms with Crippen LogP contribution in [0.5, 0.6) is 0 Å². The topological polar surface area (TPSA) is 6.48 Å². The summed E-state index contributed by atoms with van der Waals surface area (Å²) in [7, 11) is -2.85. The monoisotopic (exact) mass is 370 g/mol. The van der Waals surface area contributed by atoms with Gasteiger partial charge in [-0.15, -0.1) is 0 Å². The van der Waals surface area contributed by atoms with Gasteiger partial charge in [0.15, 0.2) is 0 Å². The highest BCUT2D eigenvalue weighted by molar-refractivity contribution is 6.78. The summed E-state index contributed by atoms with van der Waals surface area (Å²) in [6.07, 6.45) is 0. The second-order valence-corrected chi connectivity index (χ2v) is 20.9. The Kier molecular flexibility index (Phi) is 6.69. The first-order valence-electron chi connectivity index (χ1n) is 10.1. The molecule has 0 aromatic carbocycles. The van der Waals surface area contributed by atoms with Crippen molar-refractivity contribution in [3.8, 4) is 0 Å². The van der Waals surface area contributed by atoms with E-state index in [1.807, 2.05) is 0 Å². The molecule has 24 heavy (non-hydrogen) atoms. The van der Waals surface area contributed by atoms with Crippen LogP contribution in [0.2, 0.25) is 36.3 Å². The van der Waals surface area contributed by atoms with Crippen molar-refractivity contribution in [1.82, 2.24) is 9.13 Å². The molecule has 1 saturated heterocycles. The highest BCUT2D eigenvalue weighted by atomic mass is 28.3. The lowest BCUT2D eigenvalue weighted by Gasteiger charge is -2.56. The highest BCUT2D eigenvalue weighted by Crippen LogP contribution is 2.48. The molecule has 4 heteroatoms. The van der Waals surface area contributed by atoms with Crippen LogP contribution in [0.25, 0.3) is 0 Å². The van der Waals surface area contributed by atoms with Gasteiger partial charge >= 0.3 is 0 Å². The quantitative estimate of drug-likeness (QED) is 0.538. The Morgan fingerprint density at radius 3 is 0.958 bits per heavy atom. The van der Waals surface area contributed by atoms with Crippen molar-refractivity contribution in [2.45, 2.75) is 91.7 Å². The summed E-state index contributed by atoms with van der Waals surface area (Å²) < 4.78 is 5.80. The summed E-state index contributed by atoms with van der Waals surface area (Å²) in [5.74, 6) is 1.51. The van der Waals surface area contributed by atoms with Crippen molar-refractivity contribution in [3.05, 3.63) is 0 Å². The van der Waals surface area contributed by atoms with Crippen LogP contribution in [-0.2, 0) is 0 Å². The Balaban J connectivity index is 2.87. The largest absolute Gasteiger partial charge is 0.321 e. The van der Waals surface area contributed by atoms with Crippen LogP contribution in [0, 0.1) is 11.8 Å². The van der Waals surface area contributed by atoms with E-state index in [-0.39, 0.29) is 0 Å². The predicted molar refractivity (Wildman–Crippen MR) is 116 cm³/mol. The van der Waals surface area contributed by atoms with Crippen LogP contribution in [0.15, 0.2) is 0 Å². The fourth-order valence-electron chi connectivity index (χ4n) is 4.05. The SMILES string of the molecule is CC(C)C(C)(C)[Si](C)(C)N1CCN([Si](C)(C)C(C)(C)C(C)C)CC1. The normalized spacial score (nSPS) is 20.2. The van der Waals surface area contributed by atoms with Gasteiger partial charge in [0.25, 0.3) is 0 Å². The summed E-state index contributed by atoms with van der Waals surface area (Å²) in [5, 5.41) is 0.915. The standard InChI is InChI=1S/C20H46N2Si2/c1-17(2)19(5,6)23(9,10)21-13-15-22(16-14-21)24(11,12)20(7,8)18(3)4/h17-18H,13-16H2,1-12H3. The lowest BCUT2D eigenvalue weighted by molar-refractivity contribution is 0.236. The molecule has 0 aromatic rings. The first kappa shape index (κ1) is 22.4. The van der Waals surface area contributed by atoms with E-state index in [2.05, 4.69) is 90.7 Å². The molecule has 0 bridgehead atoms. The summed E-state index contributed by atoms with van der Waals surface area (Å²) in [5.41, 5.74) is 0. The summed E-state index contributed by atoms with van der Waals surface area (Å²) in [4.78, 5) is 0. The maximum absolute atomic E-state index is 2.90. The molecule has 1 fully saturated rings. The van der Waals surface area contributed by atoms with Crippen molar-refractivity contribution in [1.29, 1.82) is 0 Å². The molecule has 2 nitrogen and oxygen atoms in total. The van der Waals surface area contributed by atoms with E-state index in [1.165, 1.54) is 26.2 Å². The van der Waals surface area contributed by atoms with Gasteiger partial charge in [-0.05, 0) is 21.9 Å². The zero-order chi connectivity index (χ0) is 19.1. The minimum atomic E-state index is -1.43. The van der Waals surface area contributed by atoms with Crippen LogP contribution >= 0.6 is 0 Å². The van der Waals surface area contributed by atoms with Crippen LogP contribution in [-0.4, -0.2) is 51.8 Å². The van der Waals surface area contributed by atoms with Gasteiger partial charge in [0.2, 0.25) is 0 Å². The average molecular weight is 371 g/mol. The summed E-state index contributed by atoms with van der Waals surface area (Å²) in [6.45, 7) is 35.2. The van der Waals surface area contributed by atoms with Gasteiger partial charge in [0, 0.05) is 26.2 Å². The Morgan fingerprint density at radius 1 is 0.583 bits per heavy atom. The van der Waals surface area contributed by atoms with E-state index >= 15 is 0 Å². The number of nitrogens with zero attached hydrogens (tertiary/aromatic N) is 2. The van der Waals surface area contributed by atoms with Gasteiger partial charge in [-0.25, -0.2) is 0 Å². The number of hydrogen-bond acceptors (Lipinski definition) is 2. The maximum atomic E-state index is 2.90. The molecule has 0 aliphatic carbocycles. The minimum Gasteiger partial charge on any atom is -0.321 e. The predicted octanol–water partition coefficient (Wildman–Crippen LogP) is 5.89. The molecular weight excluding hydrogens is 324 g/mol. The van der Waals surface area contributed by atoms with Crippen molar-refractivity contribution >= 4 is 16.5 Å². The van der Waals surface area contributed by atoms with Gasteiger partial charge in [-0.3, -0.25) is 0 Å². The highest BCUT2D eigenvalue weighted by Gasteiger charge is 2.50. The summed E-state index contributed by atoms with van der Waals surface area (Å²) in [6, 6.07) is 0. The molecule has 1 heterocycles. The first-order valence-corrected chi connectivity index (χ1v) is 16.0. The van der Waals surface area contributed by atoms with Gasteiger partial charge in [0.1, 0.15) is 16.5 Å². The molecule has 0 amide bonds. The third-order valence-electron chi connectivity index (χ3n) is 8.90. The van der Waals surface area contributed by atoms with Crippen LogP contribution in [0.3, 0.4) is 0 Å². The van der Waals surface area contributed by atoms with Crippen LogP contribution < -0.4 is 0 Å². The molecule has 1 rings (SSSR count). The summed E-state index contributed by atoms with van der Waals surface area (Å²) >= 11 is 0. The zero-order valence-corrected chi connectivity index (χ0v) is 20.9. The van der Waals surface area contributed by atoms with Gasteiger partial charge in [0.05, 0.1) is 0 Å². The van der Waals surface area contributed by atoms with Crippen molar-refractivity contribution in [2.24, 2.45) is 11.8 Å². The second kappa shape index (κ2) is 7.17. The average Bonchev–Trinajstić information content (AvgIpc) is 2.46. The molecular formula is C20H46N2Si2. The van der Waals surface area contributed by atoms with Crippen molar-refractivity contribution in [2.75, 3.05) is 26.2 Å².